The fourth-order valence-corrected chi connectivity index (χ4v) is 1.58. The molecule has 0 amide bonds. The number of benzene rings is 1. The largest absolute Gasteiger partial charge is 0.0312 e. The molecular formula is C17H21F6FeO2P-. The molecule has 27 heavy (non-hydrogen) atoms. The molecule has 0 saturated heterocycles. The molecule has 1 aliphatic carbocycles. The topological polar surface area (TPSA) is 26.3 Å². The van der Waals surface area contributed by atoms with E-state index in [1.807, 2.05) is 77.1 Å². The van der Waals surface area contributed by atoms with Gasteiger partial charge in [-0.3, -0.25) is 4.79 Å². The maximum Gasteiger partial charge on any atom is 0 e. The minimum atomic E-state index is -10.7. The quantitative estimate of drug-likeness (QED) is 0.210. The summed E-state index contributed by atoms with van der Waals surface area (Å²) in [5, 5.41) is 0. The van der Waals surface area contributed by atoms with E-state index < -0.39 is 7.81 Å². The molecule has 0 heterocycles. The van der Waals surface area contributed by atoms with E-state index in [9.17, 15) is 30.0 Å². The Morgan fingerprint density at radius 1 is 0.926 bits per heavy atom. The Kier molecular flexibility index (Phi) is 11.2. The monoisotopic (exact) mass is 458 g/mol. The molecule has 1 atom stereocenters. The number of halogens is 6. The molecule has 1 saturated carbocycles. The first-order valence-electron chi connectivity index (χ1n) is 7.56. The average molecular weight is 458 g/mol. The van der Waals surface area contributed by atoms with Gasteiger partial charge < -0.3 is 4.74 Å². The summed E-state index contributed by atoms with van der Waals surface area (Å²) in [6, 6.07) is 7.95. The minimum absolute atomic E-state index is 0. The van der Waals surface area contributed by atoms with Gasteiger partial charge in [0.1, 0.15) is 0 Å². The third kappa shape index (κ3) is 21.4. The van der Waals surface area contributed by atoms with Crippen LogP contribution in [0.5, 0.6) is 0 Å². The Labute approximate surface area is 166 Å². The van der Waals surface area contributed by atoms with Gasteiger partial charge >= 0.3 is 39.0 Å². The first-order valence-corrected chi connectivity index (χ1v) is 9.59. The zero-order valence-corrected chi connectivity index (χ0v) is 16.9. The summed E-state index contributed by atoms with van der Waals surface area (Å²) in [6.45, 7) is 6.15. The Morgan fingerprint density at radius 3 is 1.56 bits per heavy atom. The van der Waals surface area contributed by atoms with Crippen LogP contribution >= 0.6 is 7.81 Å². The van der Waals surface area contributed by atoms with Gasteiger partial charge in [0.05, 0.1) is 12.5 Å². The van der Waals surface area contributed by atoms with Crippen molar-refractivity contribution < 1.29 is 51.8 Å². The molecule has 5 radical (unpaired) electrons. The normalized spacial score (nSPS) is 16.8. The second-order valence-electron chi connectivity index (χ2n) is 5.30. The van der Waals surface area contributed by atoms with Crippen LogP contribution in [0.2, 0.25) is 0 Å². The number of aryl methyl sites for hydroxylation is 1. The zero-order valence-electron chi connectivity index (χ0n) is 14.9. The van der Waals surface area contributed by atoms with Crippen LogP contribution in [0.25, 0.3) is 0 Å². The van der Waals surface area contributed by atoms with Gasteiger partial charge in [-0.15, -0.1) is 0 Å². The van der Waals surface area contributed by atoms with Crippen molar-refractivity contribution in [2.75, 3.05) is 6.61 Å². The van der Waals surface area contributed by atoms with Crippen LogP contribution in [0.1, 0.15) is 30.9 Å². The molecule has 0 aromatic heterocycles. The number of ether oxygens (including phenoxy) is 1. The van der Waals surface area contributed by atoms with Crippen molar-refractivity contribution in [1.82, 2.24) is 0 Å². The van der Waals surface area contributed by atoms with Gasteiger partial charge in [-0.05, 0) is 58.4 Å². The maximum atomic E-state index is 11.4. The summed E-state index contributed by atoms with van der Waals surface area (Å²) in [4.78, 5) is 11.4. The first kappa shape index (κ1) is 28.4. The Bertz CT molecular complexity index is 537. The van der Waals surface area contributed by atoms with Crippen molar-refractivity contribution in [3.63, 3.8) is 0 Å². The summed E-state index contributed by atoms with van der Waals surface area (Å²) >= 11 is 0. The molecule has 1 aromatic carbocycles. The molecule has 1 aliphatic rings. The smallest absolute Gasteiger partial charge is 0 e. The zero-order chi connectivity index (χ0) is 20.5. The fourth-order valence-electron chi connectivity index (χ4n) is 1.58. The molecule has 0 bridgehead atoms. The molecule has 0 aliphatic heterocycles. The second kappa shape index (κ2) is 10.7. The number of hydrogen-bond donors (Lipinski definition) is 0. The number of esters is 1. The third-order valence-corrected chi connectivity index (χ3v) is 2.77. The summed E-state index contributed by atoms with van der Waals surface area (Å²) in [5.74, 6) is -0.327. The number of rotatable bonds is 3. The van der Waals surface area contributed by atoms with Crippen LogP contribution in [-0.4, -0.2) is 12.6 Å². The fraction of sp³-hybridized carbons (Fsp3) is 0.294. The molecule has 10 heteroatoms. The van der Waals surface area contributed by atoms with Crippen molar-refractivity contribution in [2.24, 2.45) is 0 Å². The van der Waals surface area contributed by atoms with Crippen LogP contribution in [0, 0.1) is 39.0 Å². The number of carbonyl (C=O) groups is 1. The van der Waals surface area contributed by atoms with Crippen LogP contribution in [0.3, 0.4) is 0 Å². The maximum absolute atomic E-state index is 11.4. The van der Waals surface area contributed by atoms with E-state index in [-0.39, 0.29) is 29.0 Å². The summed E-state index contributed by atoms with van der Waals surface area (Å²) in [5.41, 5.74) is 2.21. The van der Waals surface area contributed by atoms with E-state index in [2.05, 4.69) is 0 Å². The van der Waals surface area contributed by atoms with Crippen LogP contribution in [-0.2, 0) is 26.6 Å². The summed E-state index contributed by atoms with van der Waals surface area (Å²) < 4.78 is 64.1. The number of hydrogen-bond acceptors (Lipinski definition) is 2. The van der Waals surface area contributed by atoms with E-state index in [0.29, 0.717) is 6.61 Å². The molecule has 0 spiro atoms. The van der Waals surface area contributed by atoms with Crippen molar-refractivity contribution in [1.29, 1.82) is 0 Å². The standard InChI is InChI=1S/C12H16O2.C5H5.F6P.Fe/c1-4-14-12(13)10(3)11-7-5-9(2)6-8-11;1-2-4-5-3-1;1-7(2,3,4,5)6;/h5-8,10H,4H2,1-3H3;1-5H;;/q;;-1;. The Hall–Kier alpha value is -0.781. The summed E-state index contributed by atoms with van der Waals surface area (Å²) in [7, 11) is -10.7. The molecule has 2 rings (SSSR count). The van der Waals surface area contributed by atoms with Crippen molar-refractivity contribution in [2.45, 2.75) is 26.7 Å². The molecule has 2 nitrogen and oxygen atoms in total. The molecule has 0 N–H and O–H groups in total. The predicted molar refractivity (Wildman–Crippen MR) is 91.3 cm³/mol. The second-order valence-corrected chi connectivity index (χ2v) is 7.22. The van der Waals surface area contributed by atoms with Gasteiger partial charge in [-0.2, -0.15) is 0 Å². The van der Waals surface area contributed by atoms with Gasteiger partial charge in [-0.1, -0.05) is 29.8 Å². The van der Waals surface area contributed by atoms with Gasteiger partial charge in [0.15, 0.2) is 0 Å². The molecule has 1 unspecified atom stereocenters. The van der Waals surface area contributed by atoms with E-state index in [0.717, 1.165) is 5.56 Å². The third-order valence-electron chi connectivity index (χ3n) is 2.77. The van der Waals surface area contributed by atoms with E-state index in [1.165, 1.54) is 5.56 Å². The van der Waals surface area contributed by atoms with Gasteiger partial charge in [0, 0.05) is 17.1 Å². The van der Waals surface area contributed by atoms with Crippen LogP contribution < -0.4 is 0 Å². The van der Waals surface area contributed by atoms with E-state index in [4.69, 9.17) is 4.74 Å². The molecule has 157 valence electrons. The predicted octanol–water partition coefficient (Wildman–Crippen LogP) is 7.06. The Morgan fingerprint density at radius 2 is 1.26 bits per heavy atom. The molecule has 1 fully saturated rings. The van der Waals surface area contributed by atoms with E-state index in [1.54, 1.807) is 0 Å². The van der Waals surface area contributed by atoms with Crippen molar-refractivity contribution >= 4 is 13.8 Å². The SMILES string of the molecule is CCOC(=O)C(C)c1ccc(C)cc1.F[P-](F)(F)(F)(F)F.[CH]1[CH][CH][CH][CH]1.[Fe]. The minimum Gasteiger partial charge on any atom is -0.0312 e. The van der Waals surface area contributed by atoms with Gasteiger partial charge in [-0.25, -0.2) is 0 Å². The first-order chi connectivity index (χ1) is 11.6. The van der Waals surface area contributed by atoms with Crippen LogP contribution in [0.15, 0.2) is 24.3 Å². The van der Waals surface area contributed by atoms with Crippen LogP contribution in [0.4, 0.5) is 25.2 Å². The average Bonchev–Trinajstić information content (AvgIpc) is 3.03. The van der Waals surface area contributed by atoms with Gasteiger partial charge in [0.2, 0.25) is 0 Å². The Balaban J connectivity index is 0. The van der Waals surface area contributed by atoms with E-state index >= 15 is 0 Å². The molecule has 1 aromatic rings. The van der Waals surface area contributed by atoms with Crippen molar-refractivity contribution in [3.05, 3.63) is 67.5 Å². The van der Waals surface area contributed by atoms with Gasteiger partial charge in [0.25, 0.3) is 0 Å². The number of carbonyl (C=O) groups excluding carboxylic acids is 1. The summed E-state index contributed by atoms with van der Waals surface area (Å²) in [6.07, 6.45) is 10.0. The van der Waals surface area contributed by atoms with Crippen molar-refractivity contribution in [3.8, 4) is 0 Å². The molecular weight excluding hydrogens is 437 g/mol.